The third-order valence-electron chi connectivity index (χ3n) is 7.65. The van der Waals surface area contributed by atoms with Gasteiger partial charge in [-0.15, -0.1) is 10.2 Å². The Morgan fingerprint density at radius 2 is 1.57 bits per heavy atom. The molecule has 0 bridgehead atoms. The lowest BCUT2D eigenvalue weighted by Gasteiger charge is -2.30. The van der Waals surface area contributed by atoms with Gasteiger partial charge in [-0.25, -0.2) is 15.0 Å². The van der Waals surface area contributed by atoms with Gasteiger partial charge in [0.05, 0.1) is 11.3 Å². The van der Waals surface area contributed by atoms with E-state index >= 15 is 0 Å². The molecule has 0 aliphatic carbocycles. The van der Waals surface area contributed by atoms with Crippen LogP contribution in [0.15, 0.2) is 109 Å². The number of hydrogen-bond donors (Lipinski definition) is 2. The number of fused-ring (bicyclic) bond motifs is 1. The predicted octanol–water partition coefficient (Wildman–Crippen LogP) is 7.19. The predicted molar refractivity (Wildman–Crippen MR) is 174 cm³/mol. The van der Waals surface area contributed by atoms with E-state index in [-0.39, 0.29) is 0 Å². The number of pyridine rings is 1. The number of aromatic nitrogens is 5. The van der Waals surface area contributed by atoms with Gasteiger partial charge in [-0.3, -0.25) is 0 Å². The minimum absolute atomic E-state index is 0.476. The lowest BCUT2D eigenvalue weighted by atomic mass is 10.0. The van der Waals surface area contributed by atoms with Crippen LogP contribution in [-0.2, 0) is 0 Å². The Balaban J connectivity index is 1.05. The van der Waals surface area contributed by atoms with Crippen molar-refractivity contribution in [2.75, 3.05) is 36.8 Å². The summed E-state index contributed by atoms with van der Waals surface area (Å²) in [7, 11) is 0. The van der Waals surface area contributed by atoms with Crippen molar-refractivity contribution in [3.63, 3.8) is 0 Å². The maximum atomic E-state index is 6.23. The first kappa shape index (κ1) is 27.4. The third-order valence-corrected chi connectivity index (χ3v) is 7.65. The molecule has 0 saturated carbocycles. The van der Waals surface area contributed by atoms with Gasteiger partial charge in [-0.2, -0.15) is 0 Å². The van der Waals surface area contributed by atoms with E-state index in [1.165, 1.54) is 19.5 Å². The highest BCUT2D eigenvalue weighted by molar-refractivity contribution is 6.00. The molecule has 1 saturated heterocycles. The second kappa shape index (κ2) is 12.8. The van der Waals surface area contributed by atoms with Crippen LogP contribution in [0.5, 0.6) is 11.6 Å². The molecular weight excluding hydrogens is 548 g/mol. The Morgan fingerprint density at radius 1 is 0.750 bits per heavy atom. The fourth-order valence-electron chi connectivity index (χ4n) is 5.23. The summed E-state index contributed by atoms with van der Waals surface area (Å²) >= 11 is 0. The molecule has 0 amide bonds. The maximum absolute atomic E-state index is 6.23. The van der Waals surface area contributed by atoms with Crippen molar-refractivity contribution in [3.05, 3.63) is 109 Å². The highest BCUT2D eigenvalue weighted by Crippen LogP contribution is 2.33. The zero-order valence-electron chi connectivity index (χ0n) is 24.2. The summed E-state index contributed by atoms with van der Waals surface area (Å²) in [5.41, 5.74) is 4.30. The summed E-state index contributed by atoms with van der Waals surface area (Å²) in [5.74, 6) is 2.42. The summed E-state index contributed by atoms with van der Waals surface area (Å²) in [5, 5.41) is 17.9. The summed E-state index contributed by atoms with van der Waals surface area (Å²) in [6.07, 6.45) is 5.84. The molecule has 44 heavy (non-hydrogen) atoms. The van der Waals surface area contributed by atoms with Gasteiger partial charge in [0.1, 0.15) is 11.4 Å². The molecule has 0 unspecified atom stereocenters. The summed E-state index contributed by atoms with van der Waals surface area (Å²) in [4.78, 5) is 16.1. The first-order valence-corrected chi connectivity index (χ1v) is 14.9. The Kier molecular flexibility index (Phi) is 8.01. The molecule has 7 rings (SSSR count). The van der Waals surface area contributed by atoms with Crippen molar-refractivity contribution < 1.29 is 4.74 Å². The van der Waals surface area contributed by atoms with Gasteiger partial charge in [-0.05, 0) is 74.9 Å². The maximum Gasteiger partial charge on any atom is 0.228 e. The SMILES string of the molecule is c1ccc(-c2nnc(Nc3ccc(Oc4ncccc4-c4ccnc(NCCCN5CCC5)n4)cc3)c3ccccc23)cc1. The molecule has 1 aliphatic heterocycles. The average Bonchev–Trinajstić information content (AvgIpc) is 3.06. The fraction of sp³-hybridized carbons (Fsp3) is 0.171. The number of ether oxygens (including phenoxy) is 1. The van der Waals surface area contributed by atoms with Crippen LogP contribution < -0.4 is 15.4 Å². The van der Waals surface area contributed by atoms with Crippen LogP contribution >= 0.6 is 0 Å². The molecule has 9 heteroatoms. The number of anilines is 3. The van der Waals surface area contributed by atoms with Crippen LogP contribution in [0, 0.1) is 0 Å². The minimum atomic E-state index is 0.476. The first-order chi connectivity index (χ1) is 21.8. The van der Waals surface area contributed by atoms with Crippen LogP contribution in [0.4, 0.5) is 17.5 Å². The molecule has 9 nitrogen and oxygen atoms in total. The lowest BCUT2D eigenvalue weighted by molar-refractivity contribution is 0.181. The van der Waals surface area contributed by atoms with Crippen LogP contribution in [-0.4, -0.2) is 56.2 Å². The van der Waals surface area contributed by atoms with Crippen molar-refractivity contribution >= 4 is 28.2 Å². The molecule has 1 aliphatic rings. The molecule has 2 N–H and O–H groups in total. The van der Waals surface area contributed by atoms with Gasteiger partial charge in [-0.1, -0.05) is 54.6 Å². The number of likely N-dealkylation sites (tertiary alicyclic amines) is 1. The number of benzene rings is 3. The second-order valence-electron chi connectivity index (χ2n) is 10.7. The van der Waals surface area contributed by atoms with Crippen LogP contribution in [0.25, 0.3) is 33.3 Å². The van der Waals surface area contributed by atoms with Crippen LogP contribution in [0.2, 0.25) is 0 Å². The van der Waals surface area contributed by atoms with Crippen molar-refractivity contribution in [3.8, 4) is 34.1 Å². The number of nitrogens with one attached hydrogen (secondary N) is 2. The largest absolute Gasteiger partial charge is 0.438 e. The van der Waals surface area contributed by atoms with Crippen LogP contribution in [0.1, 0.15) is 12.8 Å². The van der Waals surface area contributed by atoms with Gasteiger partial charge in [0.15, 0.2) is 5.82 Å². The molecule has 3 aromatic heterocycles. The Bertz CT molecular complexity index is 1860. The first-order valence-electron chi connectivity index (χ1n) is 14.9. The smallest absolute Gasteiger partial charge is 0.228 e. The molecule has 1 fully saturated rings. The van der Waals surface area contributed by atoms with E-state index in [0.29, 0.717) is 23.4 Å². The van der Waals surface area contributed by atoms with Crippen molar-refractivity contribution in [2.24, 2.45) is 0 Å². The standard InChI is InChI=1S/C35H32N8O/c1-2-9-25(10-3-1)32-28-11-4-5-12-29(28)33(42-41-32)39-26-14-16-27(17-15-26)44-34-30(13-6-19-36-34)31-18-21-38-35(40-31)37-20-7-22-43-23-8-24-43/h1-6,9-19,21H,7-8,20,22-24H2,(H,39,42)(H,37,38,40). The van der Waals surface area contributed by atoms with Crippen molar-refractivity contribution in [1.29, 1.82) is 0 Å². The third kappa shape index (κ3) is 6.18. The number of nitrogens with zero attached hydrogens (tertiary/aromatic N) is 6. The van der Waals surface area contributed by atoms with Gasteiger partial charge < -0.3 is 20.3 Å². The monoisotopic (exact) mass is 580 g/mol. The highest BCUT2D eigenvalue weighted by Gasteiger charge is 2.14. The molecule has 218 valence electrons. The van der Waals surface area contributed by atoms with E-state index in [0.717, 1.165) is 58.5 Å². The quantitative estimate of drug-likeness (QED) is 0.154. The molecule has 3 aromatic carbocycles. The second-order valence-corrected chi connectivity index (χ2v) is 10.7. The summed E-state index contributed by atoms with van der Waals surface area (Å²) in [6.45, 7) is 4.36. The normalized spacial score (nSPS) is 12.9. The Hall–Kier alpha value is -5.41. The Labute approximate surface area is 256 Å². The number of rotatable bonds is 11. The molecular formula is C35H32N8O. The van der Waals surface area contributed by atoms with Gasteiger partial charge >= 0.3 is 0 Å². The van der Waals surface area contributed by atoms with E-state index in [4.69, 9.17) is 9.72 Å². The number of hydrogen-bond acceptors (Lipinski definition) is 9. The van der Waals surface area contributed by atoms with E-state index < -0.39 is 0 Å². The molecule has 0 radical (unpaired) electrons. The topological polar surface area (TPSA) is 101 Å². The minimum Gasteiger partial charge on any atom is -0.438 e. The summed E-state index contributed by atoms with van der Waals surface area (Å²) in [6, 6.07) is 31.7. The highest BCUT2D eigenvalue weighted by atomic mass is 16.5. The van der Waals surface area contributed by atoms with E-state index in [1.807, 2.05) is 84.9 Å². The van der Waals surface area contributed by atoms with E-state index in [1.54, 1.807) is 12.4 Å². The van der Waals surface area contributed by atoms with E-state index in [9.17, 15) is 0 Å². The summed E-state index contributed by atoms with van der Waals surface area (Å²) < 4.78 is 6.23. The lowest BCUT2D eigenvalue weighted by Crippen LogP contribution is -2.38. The zero-order valence-corrected chi connectivity index (χ0v) is 24.2. The fourth-order valence-corrected chi connectivity index (χ4v) is 5.23. The van der Waals surface area contributed by atoms with Gasteiger partial charge in [0, 0.05) is 41.0 Å². The molecule has 0 spiro atoms. The van der Waals surface area contributed by atoms with Crippen molar-refractivity contribution in [2.45, 2.75) is 12.8 Å². The zero-order chi connectivity index (χ0) is 29.6. The van der Waals surface area contributed by atoms with Gasteiger partial charge in [0.2, 0.25) is 11.8 Å². The molecule has 0 atom stereocenters. The molecule has 6 aromatic rings. The molecule has 4 heterocycles. The van der Waals surface area contributed by atoms with E-state index in [2.05, 4.69) is 47.8 Å². The Morgan fingerprint density at radius 3 is 2.39 bits per heavy atom. The van der Waals surface area contributed by atoms with Crippen LogP contribution in [0.3, 0.4) is 0 Å². The van der Waals surface area contributed by atoms with Gasteiger partial charge in [0.25, 0.3) is 0 Å². The van der Waals surface area contributed by atoms with Crippen molar-refractivity contribution in [1.82, 2.24) is 30.0 Å². The average molecular weight is 581 g/mol.